The summed E-state index contributed by atoms with van der Waals surface area (Å²) >= 11 is 3.54. The molecule has 4 heteroatoms. The Balaban J connectivity index is 3.22. The molecular formula is C9H14BBrN2. The summed E-state index contributed by atoms with van der Waals surface area (Å²) in [5, 5.41) is 4.28. The largest absolute Gasteiger partial charge is 0.326 e. The van der Waals surface area contributed by atoms with Crippen molar-refractivity contribution in [1.29, 1.82) is 0 Å². The fourth-order valence-corrected chi connectivity index (χ4v) is 2.51. The average Bonchev–Trinajstić information content (AvgIpc) is 2.26. The lowest BCUT2D eigenvalue weighted by Crippen LogP contribution is -2.02. The van der Waals surface area contributed by atoms with Crippen LogP contribution in [0.4, 0.5) is 0 Å². The number of hydrogen-bond donors (Lipinski definition) is 0. The van der Waals surface area contributed by atoms with E-state index in [0.29, 0.717) is 11.8 Å². The zero-order valence-corrected chi connectivity index (χ0v) is 10.1. The summed E-state index contributed by atoms with van der Waals surface area (Å²) in [7, 11) is 5.76. The third kappa shape index (κ3) is 1.98. The highest BCUT2D eigenvalue weighted by atomic mass is 79.9. The van der Waals surface area contributed by atoms with Gasteiger partial charge in [-0.05, 0) is 27.8 Å². The molecule has 0 bridgehead atoms. The van der Waals surface area contributed by atoms with E-state index in [9.17, 15) is 0 Å². The highest BCUT2D eigenvalue weighted by Crippen LogP contribution is 2.30. The topological polar surface area (TPSA) is 17.8 Å². The Labute approximate surface area is 89.3 Å². The minimum atomic E-state index is 0.388. The van der Waals surface area contributed by atoms with Gasteiger partial charge in [0.2, 0.25) is 0 Å². The van der Waals surface area contributed by atoms with Gasteiger partial charge in [0, 0.05) is 5.69 Å². The Bertz CT molecular complexity index is 305. The molecule has 0 atom stereocenters. The van der Waals surface area contributed by atoms with Gasteiger partial charge in [-0.15, -0.1) is 0 Å². The first-order valence-electron chi connectivity index (χ1n) is 4.48. The smallest absolute Gasteiger partial charge is 0.264 e. The minimum Gasteiger partial charge on any atom is -0.326 e. The first kappa shape index (κ1) is 10.8. The molecular weight excluding hydrogens is 227 g/mol. The van der Waals surface area contributed by atoms with Crippen LogP contribution in [0.3, 0.4) is 0 Å². The maximum atomic E-state index is 5.76. The van der Waals surface area contributed by atoms with E-state index in [1.54, 1.807) is 0 Å². The van der Waals surface area contributed by atoms with Crippen LogP contribution in [0.25, 0.3) is 0 Å². The fraction of sp³-hybridized carbons (Fsp3) is 0.667. The minimum absolute atomic E-state index is 0.388. The van der Waals surface area contributed by atoms with Crippen molar-refractivity contribution < 1.29 is 0 Å². The zero-order valence-electron chi connectivity index (χ0n) is 8.50. The highest BCUT2D eigenvalue weighted by Gasteiger charge is 2.17. The van der Waals surface area contributed by atoms with E-state index >= 15 is 0 Å². The Morgan fingerprint density at radius 3 is 2.00 bits per heavy atom. The Kier molecular flexibility index (Phi) is 3.22. The number of nitrogens with zero attached hydrogens (tertiary/aromatic N) is 2. The van der Waals surface area contributed by atoms with Crippen molar-refractivity contribution in [3.8, 4) is 0 Å². The first-order valence-corrected chi connectivity index (χ1v) is 5.27. The molecule has 0 aliphatic heterocycles. The number of hydrogen-bond acceptors (Lipinski definition) is 1. The predicted molar refractivity (Wildman–Crippen MR) is 59.3 cm³/mol. The van der Waals surface area contributed by atoms with Gasteiger partial charge in [-0.2, -0.15) is 5.10 Å². The fourth-order valence-electron chi connectivity index (χ4n) is 1.33. The van der Waals surface area contributed by atoms with Crippen molar-refractivity contribution in [2.45, 2.75) is 39.5 Å². The third-order valence-electron chi connectivity index (χ3n) is 2.01. The van der Waals surface area contributed by atoms with E-state index in [2.05, 4.69) is 48.7 Å². The van der Waals surface area contributed by atoms with Crippen LogP contribution in [-0.2, 0) is 0 Å². The number of aromatic nitrogens is 2. The van der Waals surface area contributed by atoms with Crippen molar-refractivity contribution in [1.82, 2.24) is 9.69 Å². The Morgan fingerprint density at radius 2 is 1.77 bits per heavy atom. The molecule has 0 aliphatic rings. The van der Waals surface area contributed by atoms with Crippen molar-refractivity contribution in [3.63, 3.8) is 0 Å². The Hall–Kier alpha value is -0.245. The summed E-state index contributed by atoms with van der Waals surface area (Å²) in [6, 6.07) is 0. The lowest BCUT2D eigenvalue weighted by molar-refractivity contribution is 0.758. The van der Waals surface area contributed by atoms with Gasteiger partial charge in [-0.1, -0.05) is 27.7 Å². The lowest BCUT2D eigenvalue weighted by Gasteiger charge is -2.06. The normalized spacial score (nSPS) is 11.6. The molecule has 0 aromatic carbocycles. The van der Waals surface area contributed by atoms with E-state index in [4.69, 9.17) is 7.98 Å². The van der Waals surface area contributed by atoms with Crippen molar-refractivity contribution in [2.75, 3.05) is 0 Å². The van der Waals surface area contributed by atoms with E-state index in [-0.39, 0.29) is 0 Å². The van der Waals surface area contributed by atoms with Crippen molar-refractivity contribution >= 4 is 23.9 Å². The standard InChI is InChI=1S/C9H14BBrN2/c1-5(2)8-7(11)9(6(3)4)13(10)12-8/h5-6H,1-4H3. The van der Waals surface area contributed by atoms with Crippen LogP contribution in [0.5, 0.6) is 0 Å². The molecule has 2 radical (unpaired) electrons. The molecule has 0 unspecified atom stereocenters. The van der Waals surface area contributed by atoms with Crippen LogP contribution in [-0.4, -0.2) is 17.7 Å². The van der Waals surface area contributed by atoms with E-state index in [0.717, 1.165) is 15.9 Å². The van der Waals surface area contributed by atoms with Gasteiger partial charge in [-0.3, -0.25) is 0 Å². The van der Waals surface area contributed by atoms with Gasteiger partial charge in [0.25, 0.3) is 7.98 Å². The number of rotatable bonds is 2. The van der Waals surface area contributed by atoms with Crippen LogP contribution < -0.4 is 0 Å². The molecule has 1 heterocycles. The molecule has 0 saturated heterocycles. The molecule has 2 nitrogen and oxygen atoms in total. The number of halogens is 1. The highest BCUT2D eigenvalue weighted by molar-refractivity contribution is 9.10. The summed E-state index contributed by atoms with van der Waals surface area (Å²) in [5.74, 6) is 0.788. The first-order chi connectivity index (χ1) is 5.95. The molecule has 1 rings (SSSR count). The summed E-state index contributed by atoms with van der Waals surface area (Å²) in [5.41, 5.74) is 2.09. The zero-order chi connectivity index (χ0) is 10.2. The second kappa shape index (κ2) is 3.87. The average molecular weight is 241 g/mol. The molecule has 13 heavy (non-hydrogen) atoms. The summed E-state index contributed by atoms with van der Waals surface area (Å²) < 4.78 is 2.53. The maximum absolute atomic E-state index is 5.76. The molecule has 0 amide bonds. The van der Waals surface area contributed by atoms with Crippen molar-refractivity contribution in [2.24, 2.45) is 0 Å². The van der Waals surface area contributed by atoms with Crippen LogP contribution in [0.1, 0.15) is 50.9 Å². The van der Waals surface area contributed by atoms with E-state index in [1.165, 1.54) is 4.59 Å². The molecule has 0 fully saturated rings. The van der Waals surface area contributed by atoms with E-state index in [1.807, 2.05) is 0 Å². The second-order valence-electron chi connectivity index (χ2n) is 3.84. The molecule has 0 N–H and O–H groups in total. The van der Waals surface area contributed by atoms with Gasteiger partial charge in [0.1, 0.15) is 0 Å². The van der Waals surface area contributed by atoms with Crippen molar-refractivity contribution in [3.05, 3.63) is 15.9 Å². The van der Waals surface area contributed by atoms with Crippen LogP contribution in [0.2, 0.25) is 0 Å². The van der Waals surface area contributed by atoms with Gasteiger partial charge in [0.15, 0.2) is 0 Å². The third-order valence-corrected chi connectivity index (χ3v) is 2.82. The quantitative estimate of drug-likeness (QED) is 0.728. The van der Waals surface area contributed by atoms with Gasteiger partial charge in [0.05, 0.1) is 10.2 Å². The summed E-state index contributed by atoms with van der Waals surface area (Å²) in [6.07, 6.45) is 0. The van der Waals surface area contributed by atoms with Gasteiger partial charge < -0.3 is 4.59 Å². The van der Waals surface area contributed by atoms with E-state index < -0.39 is 0 Å². The summed E-state index contributed by atoms with van der Waals surface area (Å²) in [6.45, 7) is 8.43. The molecule has 0 spiro atoms. The van der Waals surface area contributed by atoms with Gasteiger partial charge in [-0.25, -0.2) is 0 Å². The van der Waals surface area contributed by atoms with Crippen LogP contribution in [0, 0.1) is 0 Å². The monoisotopic (exact) mass is 240 g/mol. The van der Waals surface area contributed by atoms with Crippen LogP contribution >= 0.6 is 15.9 Å². The SMILES string of the molecule is [B]n1nc(C(C)C)c(Br)c1C(C)C. The molecule has 0 saturated carbocycles. The summed E-state index contributed by atoms with van der Waals surface area (Å²) in [4.78, 5) is 0. The molecule has 1 aromatic heterocycles. The molecule has 0 aliphatic carbocycles. The maximum Gasteiger partial charge on any atom is 0.264 e. The van der Waals surface area contributed by atoms with Crippen LogP contribution in [0.15, 0.2) is 4.47 Å². The Morgan fingerprint density at radius 1 is 1.23 bits per heavy atom. The lowest BCUT2D eigenvalue weighted by atomic mass is 10.1. The predicted octanol–water partition coefficient (Wildman–Crippen LogP) is 2.82. The molecule has 70 valence electrons. The molecule has 1 aromatic rings. The van der Waals surface area contributed by atoms with Gasteiger partial charge >= 0.3 is 0 Å². The second-order valence-corrected chi connectivity index (χ2v) is 4.63.